The van der Waals surface area contributed by atoms with Crippen LogP contribution in [0.2, 0.25) is 0 Å². The van der Waals surface area contributed by atoms with Crippen LogP contribution in [-0.2, 0) is 14.3 Å². The second-order valence-electron chi connectivity index (χ2n) is 6.64. The highest BCUT2D eigenvalue weighted by molar-refractivity contribution is 7.86. The summed E-state index contributed by atoms with van der Waals surface area (Å²) in [6, 6.07) is 8.59. The number of nitrogens with one attached hydrogen (secondary N) is 1. The maximum absolute atomic E-state index is 14.6. The quantitative estimate of drug-likeness (QED) is 0.702. The van der Waals surface area contributed by atoms with E-state index < -0.39 is 39.6 Å². The van der Waals surface area contributed by atoms with Gasteiger partial charge in [-0.2, -0.15) is 8.42 Å². The van der Waals surface area contributed by atoms with E-state index in [1.807, 2.05) is 0 Å². The zero-order valence-electron chi connectivity index (χ0n) is 15.1. The van der Waals surface area contributed by atoms with Gasteiger partial charge < -0.3 is 5.32 Å². The first kappa shape index (κ1) is 22.7. The molecule has 154 valence electrons. The van der Waals surface area contributed by atoms with Gasteiger partial charge >= 0.3 is 0 Å². The van der Waals surface area contributed by atoms with Crippen LogP contribution in [0, 0.1) is 17.5 Å². The highest BCUT2D eigenvalue weighted by Crippen LogP contribution is 2.36. The first-order valence-electron chi connectivity index (χ1n) is 8.57. The van der Waals surface area contributed by atoms with Crippen LogP contribution < -0.4 is 5.32 Å². The first-order valence-corrected chi connectivity index (χ1v) is 10.4. The van der Waals surface area contributed by atoms with Gasteiger partial charge in [0, 0.05) is 17.5 Å². The molecular weight excluding hydrogens is 415 g/mol. The van der Waals surface area contributed by atoms with Crippen LogP contribution in [0.4, 0.5) is 13.2 Å². The molecule has 2 unspecified atom stereocenters. The molecule has 0 spiro atoms. The number of rotatable bonds is 6. The molecule has 2 aromatic carbocycles. The van der Waals surface area contributed by atoms with Crippen LogP contribution in [0.15, 0.2) is 42.5 Å². The smallest absolute Gasteiger partial charge is 0.264 e. The van der Waals surface area contributed by atoms with E-state index in [2.05, 4.69) is 5.32 Å². The fraction of sp³-hybridized carbons (Fsp3) is 0.368. The van der Waals surface area contributed by atoms with E-state index in [4.69, 9.17) is 4.18 Å². The standard InChI is InChI=1S/C19H20F3NO3S.ClH/c1-27(24,25)26-19(16-6-3-11-23-16)17(12-7-9-13(20)10-8-12)14-4-2-5-15(21)18(14)22;/h2,4-5,7-10,16-17,19,23H,3,6,11H2,1H3;1H/t16-,17?,19?;/m1./s1. The molecule has 9 heteroatoms. The fourth-order valence-corrected chi connectivity index (χ4v) is 4.17. The van der Waals surface area contributed by atoms with Crippen LogP contribution >= 0.6 is 12.4 Å². The Hall–Kier alpha value is -1.61. The molecule has 0 aliphatic carbocycles. The fourth-order valence-electron chi connectivity index (χ4n) is 3.53. The molecule has 1 fully saturated rings. The molecule has 0 amide bonds. The summed E-state index contributed by atoms with van der Waals surface area (Å²) in [6.07, 6.45) is 1.33. The highest BCUT2D eigenvalue weighted by atomic mass is 35.5. The van der Waals surface area contributed by atoms with Crippen LogP contribution in [0.3, 0.4) is 0 Å². The van der Waals surface area contributed by atoms with Crippen molar-refractivity contribution in [2.75, 3.05) is 12.8 Å². The molecule has 1 heterocycles. The maximum atomic E-state index is 14.6. The third-order valence-electron chi connectivity index (χ3n) is 4.66. The van der Waals surface area contributed by atoms with Crippen molar-refractivity contribution in [3.05, 3.63) is 71.0 Å². The van der Waals surface area contributed by atoms with E-state index in [0.717, 1.165) is 18.7 Å². The van der Waals surface area contributed by atoms with Gasteiger partial charge in [-0.05, 0) is 43.1 Å². The summed E-state index contributed by atoms with van der Waals surface area (Å²) in [4.78, 5) is 0. The summed E-state index contributed by atoms with van der Waals surface area (Å²) >= 11 is 0. The summed E-state index contributed by atoms with van der Waals surface area (Å²) < 4.78 is 71.0. The summed E-state index contributed by atoms with van der Waals surface area (Å²) in [6.45, 7) is 0.663. The largest absolute Gasteiger partial charge is 0.311 e. The molecule has 0 bridgehead atoms. The zero-order chi connectivity index (χ0) is 19.6. The molecule has 4 nitrogen and oxygen atoms in total. The molecule has 0 aromatic heterocycles. The van der Waals surface area contributed by atoms with E-state index in [9.17, 15) is 21.6 Å². The van der Waals surface area contributed by atoms with Crippen molar-refractivity contribution < 1.29 is 25.8 Å². The Bertz CT molecular complexity index is 903. The van der Waals surface area contributed by atoms with Gasteiger partial charge in [0.2, 0.25) is 0 Å². The lowest BCUT2D eigenvalue weighted by atomic mass is 9.82. The number of halogens is 4. The lowest BCUT2D eigenvalue weighted by Gasteiger charge is -2.32. The third-order valence-corrected chi connectivity index (χ3v) is 5.23. The van der Waals surface area contributed by atoms with Gasteiger partial charge in [-0.1, -0.05) is 24.3 Å². The van der Waals surface area contributed by atoms with Crippen molar-refractivity contribution in [2.24, 2.45) is 0 Å². The Morgan fingerprint density at radius 1 is 1.11 bits per heavy atom. The van der Waals surface area contributed by atoms with Gasteiger partial charge in [0.1, 0.15) is 11.9 Å². The molecular formula is C19H21ClF3NO3S. The second-order valence-corrected chi connectivity index (χ2v) is 8.24. The average Bonchev–Trinajstić information content (AvgIpc) is 3.13. The Balaban J connectivity index is 0.00000280. The molecule has 3 atom stereocenters. The maximum Gasteiger partial charge on any atom is 0.264 e. The van der Waals surface area contributed by atoms with Gasteiger partial charge in [0.15, 0.2) is 11.6 Å². The topological polar surface area (TPSA) is 55.4 Å². The number of hydrogen-bond acceptors (Lipinski definition) is 4. The summed E-state index contributed by atoms with van der Waals surface area (Å²) in [5, 5.41) is 3.17. The van der Waals surface area contributed by atoms with Gasteiger partial charge in [0.25, 0.3) is 10.1 Å². The Morgan fingerprint density at radius 3 is 2.36 bits per heavy atom. The highest BCUT2D eigenvalue weighted by Gasteiger charge is 2.38. The predicted molar refractivity (Wildman–Crippen MR) is 103 cm³/mol. The SMILES string of the molecule is CS(=O)(=O)OC(C(c1ccc(F)cc1)c1cccc(F)c1F)[C@H]1CCCN1.Cl. The Labute approximate surface area is 168 Å². The van der Waals surface area contributed by atoms with E-state index in [-0.39, 0.29) is 24.0 Å². The Morgan fingerprint density at radius 2 is 1.79 bits per heavy atom. The minimum Gasteiger partial charge on any atom is -0.311 e. The summed E-state index contributed by atoms with van der Waals surface area (Å²) in [5.74, 6) is -3.55. The van der Waals surface area contributed by atoms with E-state index >= 15 is 0 Å². The van der Waals surface area contributed by atoms with E-state index in [1.54, 1.807) is 0 Å². The minimum absolute atomic E-state index is 0. The Kier molecular flexibility index (Phi) is 7.50. The van der Waals surface area contributed by atoms with Gasteiger partial charge in [0.05, 0.1) is 6.26 Å². The summed E-state index contributed by atoms with van der Waals surface area (Å²) in [7, 11) is -3.88. The minimum atomic E-state index is -3.88. The molecule has 28 heavy (non-hydrogen) atoms. The zero-order valence-corrected chi connectivity index (χ0v) is 16.7. The van der Waals surface area contributed by atoms with Crippen molar-refractivity contribution in [1.29, 1.82) is 0 Å². The normalized spacial score (nSPS) is 19.1. The molecule has 0 saturated carbocycles. The number of hydrogen-bond donors (Lipinski definition) is 1. The van der Waals surface area contributed by atoms with E-state index in [0.29, 0.717) is 18.5 Å². The average molecular weight is 436 g/mol. The van der Waals surface area contributed by atoms with Gasteiger partial charge in [-0.3, -0.25) is 4.18 Å². The molecule has 1 N–H and O–H groups in total. The molecule has 2 aromatic rings. The second kappa shape index (κ2) is 9.26. The summed E-state index contributed by atoms with van der Waals surface area (Å²) in [5.41, 5.74) is 0.396. The molecule has 1 aliphatic heterocycles. The van der Waals surface area contributed by atoms with Crippen molar-refractivity contribution >= 4 is 22.5 Å². The predicted octanol–water partition coefficient (Wildman–Crippen LogP) is 3.75. The first-order chi connectivity index (χ1) is 12.8. The van der Waals surface area contributed by atoms with Crippen molar-refractivity contribution in [2.45, 2.75) is 30.9 Å². The number of benzene rings is 2. The van der Waals surface area contributed by atoms with Gasteiger partial charge in [-0.25, -0.2) is 13.2 Å². The lowest BCUT2D eigenvalue weighted by Crippen LogP contribution is -2.42. The van der Waals surface area contributed by atoms with Crippen LogP contribution in [0.25, 0.3) is 0 Å². The molecule has 3 rings (SSSR count). The monoisotopic (exact) mass is 435 g/mol. The van der Waals surface area contributed by atoms with Crippen LogP contribution in [0.5, 0.6) is 0 Å². The third kappa shape index (κ3) is 5.26. The lowest BCUT2D eigenvalue weighted by molar-refractivity contribution is 0.151. The van der Waals surface area contributed by atoms with Crippen LogP contribution in [0.1, 0.15) is 29.9 Å². The van der Waals surface area contributed by atoms with E-state index in [1.165, 1.54) is 36.4 Å². The van der Waals surface area contributed by atoms with Crippen LogP contribution in [-0.4, -0.2) is 33.4 Å². The van der Waals surface area contributed by atoms with Crippen molar-refractivity contribution in [3.63, 3.8) is 0 Å². The molecule has 1 saturated heterocycles. The van der Waals surface area contributed by atoms with Crippen molar-refractivity contribution in [1.82, 2.24) is 5.32 Å². The molecule has 0 radical (unpaired) electrons. The van der Waals surface area contributed by atoms with Crippen molar-refractivity contribution in [3.8, 4) is 0 Å². The van der Waals surface area contributed by atoms with Gasteiger partial charge in [-0.15, -0.1) is 12.4 Å². The molecule has 1 aliphatic rings.